The lowest BCUT2D eigenvalue weighted by Crippen LogP contribution is -2.51. The van der Waals surface area contributed by atoms with Crippen LogP contribution in [-0.2, 0) is 4.79 Å². The van der Waals surface area contributed by atoms with E-state index in [4.69, 9.17) is 17.3 Å². The van der Waals surface area contributed by atoms with Crippen LogP contribution in [0, 0.1) is 0 Å². The molecule has 2 atom stereocenters. The number of halogens is 1. The second-order valence-corrected chi connectivity index (χ2v) is 5.54. The largest absolute Gasteiger partial charge is 0.358 e. The molecule has 0 bridgehead atoms. The van der Waals surface area contributed by atoms with Gasteiger partial charge in [-0.15, -0.1) is 0 Å². The summed E-state index contributed by atoms with van der Waals surface area (Å²) in [6.07, 6.45) is 3.05. The predicted molar refractivity (Wildman–Crippen MR) is 81.7 cm³/mol. The number of rotatable bonds is 4. The van der Waals surface area contributed by atoms with Crippen LogP contribution in [0.5, 0.6) is 0 Å². The second kappa shape index (κ2) is 7.07. The van der Waals surface area contributed by atoms with Gasteiger partial charge in [0.25, 0.3) is 0 Å². The molecule has 2 rings (SSSR count). The molecule has 1 aliphatic heterocycles. The Labute approximate surface area is 125 Å². The summed E-state index contributed by atoms with van der Waals surface area (Å²) in [7, 11) is 1.68. The topological polar surface area (TPSA) is 58.4 Å². The Morgan fingerprint density at radius 1 is 1.50 bits per heavy atom. The smallest absolute Gasteiger partial charge is 0.237 e. The second-order valence-electron chi connectivity index (χ2n) is 5.14. The highest BCUT2D eigenvalue weighted by atomic mass is 35.5. The summed E-state index contributed by atoms with van der Waals surface area (Å²) in [6.45, 7) is 1.34. The van der Waals surface area contributed by atoms with Gasteiger partial charge in [-0.3, -0.25) is 9.69 Å². The average Bonchev–Trinajstić information content (AvgIpc) is 2.49. The number of benzene rings is 1. The number of hydrogen-bond acceptors (Lipinski definition) is 3. The Morgan fingerprint density at radius 2 is 2.25 bits per heavy atom. The molecule has 1 aromatic carbocycles. The molecule has 4 nitrogen and oxygen atoms in total. The fraction of sp³-hybridized carbons (Fsp3) is 0.533. The van der Waals surface area contributed by atoms with E-state index in [1.165, 1.54) is 0 Å². The Hall–Kier alpha value is -1.10. The molecule has 110 valence electrons. The van der Waals surface area contributed by atoms with Crippen LogP contribution in [0.2, 0.25) is 5.02 Å². The van der Waals surface area contributed by atoms with E-state index in [2.05, 4.69) is 10.2 Å². The summed E-state index contributed by atoms with van der Waals surface area (Å²) in [5.41, 5.74) is 6.98. The molecule has 1 aromatic rings. The van der Waals surface area contributed by atoms with E-state index < -0.39 is 0 Å². The fourth-order valence-electron chi connectivity index (χ4n) is 2.96. The van der Waals surface area contributed by atoms with Crippen LogP contribution < -0.4 is 11.1 Å². The predicted octanol–water partition coefficient (Wildman–Crippen LogP) is 1.94. The minimum atomic E-state index is -0.112. The fourth-order valence-corrected chi connectivity index (χ4v) is 3.22. The molecule has 1 amide bonds. The zero-order chi connectivity index (χ0) is 14.5. The van der Waals surface area contributed by atoms with Crippen molar-refractivity contribution in [3.05, 3.63) is 34.9 Å². The van der Waals surface area contributed by atoms with Gasteiger partial charge < -0.3 is 11.1 Å². The number of carbonyl (C=O) groups excluding carboxylic acids is 1. The minimum Gasteiger partial charge on any atom is -0.358 e. The number of nitrogens with zero attached hydrogens (tertiary/aromatic N) is 1. The van der Waals surface area contributed by atoms with Crippen LogP contribution in [0.15, 0.2) is 24.3 Å². The third kappa shape index (κ3) is 3.14. The van der Waals surface area contributed by atoms with Gasteiger partial charge in [0.2, 0.25) is 5.91 Å². The van der Waals surface area contributed by atoms with Gasteiger partial charge >= 0.3 is 0 Å². The van der Waals surface area contributed by atoms with Crippen LogP contribution >= 0.6 is 11.6 Å². The number of likely N-dealkylation sites (N-methyl/N-ethyl adjacent to an activating group) is 1. The summed E-state index contributed by atoms with van der Waals surface area (Å²) >= 11 is 6.30. The number of piperidine rings is 1. The van der Waals surface area contributed by atoms with E-state index >= 15 is 0 Å². The monoisotopic (exact) mass is 295 g/mol. The number of nitrogens with two attached hydrogens (primary N) is 1. The number of likely N-dealkylation sites (tertiary alicyclic amines) is 1. The van der Waals surface area contributed by atoms with Crippen molar-refractivity contribution in [2.75, 3.05) is 20.1 Å². The van der Waals surface area contributed by atoms with Crippen molar-refractivity contribution in [3.8, 4) is 0 Å². The molecule has 0 aliphatic carbocycles. The molecule has 1 fully saturated rings. The number of hydrogen-bond donors (Lipinski definition) is 2. The van der Waals surface area contributed by atoms with Gasteiger partial charge in [-0.1, -0.05) is 36.2 Å². The lowest BCUT2D eigenvalue weighted by molar-refractivity contribution is -0.128. The first kappa shape index (κ1) is 15.3. The van der Waals surface area contributed by atoms with Crippen LogP contribution in [0.25, 0.3) is 0 Å². The van der Waals surface area contributed by atoms with Crippen LogP contribution in [0.4, 0.5) is 0 Å². The quantitative estimate of drug-likeness (QED) is 0.892. The maximum Gasteiger partial charge on any atom is 0.237 e. The molecule has 20 heavy (non-hydrogen) atoms. The zero-order valence-corrected chi connectivity index (χ0v) is 12.6. The van der Waals surface area contributed by atoms with Gasteiger partial charge in [-0.25, -0.2) is 0 Å². The summed E-state index contributed by atoms with van der Waals surface area (Å²) in [5.74, 6) is 0.0650. The number of carbonyl (C=O) groups is 1. The summed E-state index contributed by atoms with van der Waals surface area (Å²) < 4.78 is 0. The SMILES string of the molecule is CNC(=O)C1CCCCN1C(CN)c1ccccc1Cl. The normalized spacial score (nSPS) is 21.4. The standard InChI is InChI=1S/C15H22ClN3O/c1-18-15(20)13-8-4-5-9-19(13)14(10-17)11-6-2-3-7-12(11)16/h2-3,6-7,13-14H,4-5,8-10,17H2,1H3,(H,18,20). The minimum absolute atomic E-state index is 0.00806. The molecule has 0 aromatic heterocycles. The maximum atomic E-state index is 12.1. The van der Waals surface area contributed by atoms with Gasteiger partial charge in [0.05, 0.1) is 6.04 Å². The molecule has 0 spiro atoms. The molecule has 1 aliphatic rings. The highest BCUT2D eigenvalue weighted by Crippen LogP contribution is 2.31. The Kier molecular flexibility index (Phi) is 5.40. The van der Waals surface area contributed by atoms with E-state index in [9.17, 15) is 4.79 Å². The Balaban J connectivity index is 2.29. The molecule has 5 heteroatoms. The molecule has 0 saturated carbocycles. The molecule has 3 N–H and O–H groups in total. The third-order valence-electron chi connectivity index (χ3n) is 3.98. The highest BCUT2D eigenvalue weighted by Gasteiger charge is 2.33. The average molecular weight is 296 g/mol. The van der Waals surface area contributed by atoms with Crippen LogP contribution in [0.1, 0.15) is 30.9 Å². The van der Waals surface area contributed by atoms with Crippen molar-refractivity contribution in [2.45, 2.75) is 31.3 Å². The van der Waals surface area contributed by atoms with Crippen LogP contribution in [0.3, 0.4) is 0 Å². The third-order valence-corrected chi connectivity index (χ3v) is 4.33. The molecule has 2 unspecified atom stereocenters. The lowest BCUT2D eigenvalue weighted by atomic mass is 9.95. The lowest BCUT2D eigenvalue weighted by Gasteiger charge is -2.40. The zero-order valence-electron chi connectivity index (χ0n) is 11.8. The number of nitrogens with one attached hydrogen (secondary N) is 1. The van der Waals surface area contributed by atoms with Gasteiger partial charge in [-0.05, 0) is 31.0 Å². The van der Waals surface area contributed by atoms with E-state index in [1.807, 2.05) is 24.3 Å². The van der Waals surface area contributed by atoms with Crippen molar-refractivity contribution in [1.82, 2.24) is 10.2 Å². The van der Waals surface area contributed by atoms with Crippen molar-refractivity contribution < 1.29 is 4.79 Å². The Bertz CT molecular complexity index is 466. The molecular weight excluding hydrogens is 274 g/mol. The van der Waals surface area contributed by atoms with Crippen LogP contribution in [-0.4, -0.2) is 37.0 Å². The van der Waals surface area contributed by atoms with Gasteiger partial charge in [0.15, 0.2) is 0 Å². The van der Waals surface area contributed by atoms with Crippen molar-refractivity contribution in [1.29, 1.82) is 0 Å². The van der Waals surface area contributed by atoms with Crippen molar-refractivity contribution in [3.63, 3.8) is 0 Å². The van der Waals surface area contributed by atoms with E-state index in [0.29, 0.717) is 11.6 Å². The first-order valence-electron chi connectivity index (χ1n) is 7.11. The first-order valence-corrected chi connectivity index (χ1v) is 7.48. The summed E-state index contributed by atoms with van der Waals surface area (Å²) in [6, 6.07) is 7.62. The van der Waals surface area contributed by atoms with Crippen molar-refractivity contribution in [2.24, 2.45) is 5.73 Å². The van der Waals surface area contributed by atoms with Crippen molar-refractivity contribution >= 4 is 17.5 Å². The van der Waals surface area contributed by atoms with Gasteiger partial charge in [0.1, 0.15) is 0 Å². The highest BCUT2D eigenvalue weighted by molar-refractivity contribution is 6.31. The van der Waals surface area contributed by atoms with Gasteiger partial charge in [-0.2, -0.15) is 0 Å². The molecule has 1 heterocycles. The Morgan fingerprint density at radius 3 is 2.90 bits per heavy atom. The van der Waals surface area contributed by atoms with E-state index in [1.54, 1.807) is 7.05 Å². The molecule has 0 radical (unpaired) electrons. The summed E-state index contributed by atoms with van der Waals surface area (Å²) in [5, 5.41) is 3.47. The first-order chi connectivity index (χ1) is 9.69. The molecular formula is C15H22ClN3O. The van der Waals surface area contributed by atoms with E-state index in [-0.39, 0.29) is 18.0 Å². The number of amides is 1. The summed E-state index contributed by atoms with van der Waals surface area (Å²) in [4.78, 5) is 14.3. The maximum absolute atomic E-state index is 12.1. The van der Waals surface area contributed by atoms with E-state index in [0.717, 1.165) is 31.4 Å². The molecule has 1 saturated heterocycles. The van der Waals surface area contributed by atoms with Gasteiger partial charge in [0, 0.05) is 24.7 Å².